The lowest BCUT2D eigenvalue weighted by Crippen LogP contribution is -2.23. The van der Waals surface area contributed by atoms with Crippen LogP contribution in [-0.4, -0.2) is 30.1 Å². The lowest BCUT2D eigenvalue weighted by atomic mass is 10.0. The zero-order valence-corrected chi connectivity index (χ0v) is 12.9. The summed E-state index contributed by atoms with van der Waals surface area (Å²) in [5, 5.41) is 1.24. The van der Waals surface area contributed by atoms with Gasteiger partial charge in [-0.3, -0.25) is 9.88 Å². The minimum absolute atomic E-state index is 0.906. The summed E-state index contributed by atoms with van der Waals surface area (Å²) in [5.41, 5.74) is 3.51. The first-order chi connectivity index (χ1) is 9.71. The molecule has 0 aliphatic rings. The van der Waals surface area contributed by atoms with Crippen LogP contribution in [0.1, 0.15) is 31.4 Å². The highest BCUT2D eigenvalue weighted by atomic mass is 16.5. The van der Waals surface area contributed by atoms with Crippen LogP contribution >= 0.6 is 0 Å². The second-order valence-electron chi connectivity index (χ2n) is 5.13. The van der Waals surface area contributed by atoms with E-state index in [-0.39, 0.29) is 0 Å². The molecule has 0 unspecified atom stereocenters. The van der Waals surface area contributed by atoms with Gasteiger partial charge in [-0.25, -0.2) is 0 Å². The zero-order valence-electron chi connectivity index (χ0n) is 12.9. The third-order valence-corrected chi connectivity index (χ3v) is 3.81. The predicted octanol–water partition coefficient (Wildman–Crippen LogP) is 3.78. The molecule has 1 aromatic heterocycles. The van der Waals surface area contributed by atoms with Gasteiger partial charge in [0.25, 0.3) is 0 Å². The van der Waals surface area contributed by atoms with Crippen molar-refractivity contribution in [1.29, 1.82) is 0 Å². The Morgan fingerprint density at radius 1 is 1.20 bits per heavy atom. The maximum atomic E-state index is 5.38. The van der Waals surface area contributed by atoms with E-state index in [0.29, 0.717) is 0 Å². The van der Waals surface area contributed by atoms with Crippen LogP contribution in [0.5, 0.6) is 5.75 Å². The fourth-order valence-electron chi connectivity index (χ4n) is 2.66. The first-order valence-corrected chi connectivity index (χ1v) is 7.34. The summed E-state index contributed by atoms with van der Waals surface area (Å²) in [6.45, 7) is 9.70. The molecule has 1 heterocycles. The van der Waals surface area contributed by atoms with Gasteiger partial charge in [0.05, 0.1) is 12.6 Å². The molecular weight excluding hydrogens is 248 g/mol. The van der Waals surface area contributed by atoms with Crippen LogP contribution in [-0.2, 0) is 6.54 Å². The highest BCUT2D eigenvalue weighted by molar-refractivity contribution is 5.86. The SMILES string of the molecule is CCCN(CC)Cc1ccnc2c(C)c(OC)ccc12. The van der Waals surface area contributed by atoms with Gasteiger partial charge < -0.3 is 4.74 Å². The third kappa shape index (κ3) is 2.93. The second-order valence-corrected chi connectivity index (χ2v) is 5.13. The molecule has 0 spiro atoms. The number of methoxy groups -OCH3 is 1. The van der Waals surface area contributed by atoms with Crippen molar-refractivity contribution in [2.24, 2.45) is 0 Å². The van der Waals surface area contributed by atoms with E-state index in [4.69, 9.17) is 4.74 Å². The van der Waals surface area contributed by atoms with Crippen molar-refractivity contribution in [2.75, 3.05) is 20.2 Å². The van der Waals surface area contributed by atoms with Gasteiger partial charge in [0.1, 0.15) is 5.75 Å². The molecular formula is C17H24N2O. The Morgan fingerprint density at radius 3 is 2.65 bits per heavy atom. The number of fused-ring (bicyclic) bond motifs is 1. The Kier molecular flexibility index (Phi) is 4.96. The summed E-state index contributed by atoms with van der Waals surface area (Å²) in [5.74, 6) is 0.906. The normalized spacial score (nSPS) is 11.2. The molecule has 0 atom stereocenters. The monoisotopic (exact) mass is 272 g/mol. The van der Waals surface area contributed by atoms with Crippen LogP contribution in [0, 0.1) is 6.92 Å². The second kappa shape index (κ2) is 6.71. The summed E-state index contributed by atoms with van der Waals surface area (Å²) in [6, 6.07) is 6.30. The van der Waals surface area contributed by atoms with Gasteiger partial charge in [-0.15, -0.1) is 0 Å². The topological polar surface area (TPSA) is 25.4 Å². The molecule has 0 aliphatic heterocycles. The van der Waals surface area contributed by atoms with Crippen molar-refractivity contribution in [3.05, 3.63) is 35.5 Å². The number of aromatic nitrogens is 1. The zero-order chi connectivity index (χ0) is 14.5. The van der Waals surface area contributed by atoms with E-state index < -0.39 is 0 Å². The Morgan fingerprint density at radius 2 is 2.00 bits per heavy atom. The molecule has 1 aromatic carbocycles. The van der Waals surface area contributed by atoms with Gasteiger partial charge in [0.15, 0.2) is 0 Å². The minimum Gasteiger partial charge on any atom is -0.496 e. The van der Waals surface area contributed by atoms with E-state index >= 15 is 0 Å². The van der Waals surface area contributed by atoms with Crippen LogP contribution in [0.3, 0.4) is 0 Å². The van der Waals surface area contributed by atoms with E-state index in [1.165, 1.54) is 17.4 Å². The lowest BCUT2D eigenvalue weighted by molar-refractivity contribution is 0.281. The van der Waals surface area contributed by atoms with Crippen LogP contribution in [0.15, 0.2) is 24.4 Å². The molecule has 3 heteroatoms. The average molecular weight is 272 g/mol. The van der Waals surface area contributed by atoms with Crippen molar-refractivity contribution < 1.29 is 4.74 Å². The van der Waals surface area contributed by atoms with Crippen molar-refractivity contribution >= 4 is 10.9 Å². The Labute approximate surface area is 121 Å². The largest absolute Gasteiger partial charge is 0.496 e. The molecule has 108 valence electrons. The number of benzene rings is 1. The molecule has 0 radical (unpaired) electrons. The first kappa shape index (κ1) is 14.8. The molecule has 0 saturated heterocycles. The number of nitrogens with zero attached hydrogens (tertiary/aromatic N) is 2. The Hall–Kier alpha value is -1.61. The number of aryl methyl sites for hydroxylation is 1. The summed E-state index contributed by atoms with van der Waals surface area (Å²) in [4.78, 5) is 7.00. The highest BCUT2D eigenvalue weighted by Crippen LogP contribution is 2.28. The van der Waals surface area contributed by atoms with E-state index in [2.05, 4.69) is 42.8 Å². The fraction of sp³-hybridized carbons (Fsp3) is 0.471. The van der Waals surface area contributed by atoms with E-state index in [1.807, 2.05) is 12.3 Å². The van der Waals surface area contributed by atoms with Gasteiger partial charge in [-0.1, -0.05) is 13.8 Å². The number of rotatable bonds is 6. The number of pyridine rings is 1. The summed E-state index contributed by atoms with van der Waals surface area (Å²) < 4.78 is 5.38. The number of hydrogen-bond acceptors (Lipinski definition) is 3. The van der Waals surface area contributed by atoms with E-state index in [1.54, 1.807) is 7.11 Å². The molecule has 0 bridgehead atoms. The van der Waals surface area contributed by atoms with Crippen molar-refractivity contribution in [1.82, 2.24) is 9.88 Å². The maximum Gasteiger partial charge on any atom is 0.123 e. The van der Waals surface area contributed by atoms with Gasteiger partial charge in [-0.2, -0.15) is 0 Å². The van der Waals surface area contributed by atoms with Crippen molar-refractivity contribution in [3.63, 3.8) is 0 Å². The predicted molar refractivity (Wildman–Crippen MR) is 84.3 cm³/mol. The molecule has 0 aliphatic carbocycles. The van der Waals surface area contributed by atoms with E-state index in [0.717, 1.165) is 36.5 Å². The minimum atomic E-state index is 0.906. The summed E-state index contributed by atoms with van der Waals surface area (Å²) in [6.07, 6.45) is 3.09. The molecule has 20 heavy (non-hydrogen) atoms. The molecule has 3 nitrogen and oxygen atoms in total. The van der Waals surface area contributed by atoms with Crippen LogP contribution < -0.4 is 4.74 Å². The molecule has 2 rings (SSSR count). The number of hydrogen-bond donors (Lipinski definition) is 0. The summed E-state index contributed by atoms with van der Waals surface area (Å²) >= 11 is 0. The van der Waals surface area contributed by atoms with E-state index in [9.17, 15) is 0 Å². The highest BCUT2D eigenvalue weighted by Gasteiger charge is 2.10. The van der Waals surface area contributed by atoms with Gasteiger partial charge >= 0.3 is 0 Å². The standard InChI is InChI=1S/C17H24N2O/c1-5-11-19(6-2)12-14-9-10-18-17-13(3)16(20-4)8-7-15(14)17/h7-10H,5-6,11-12H2,1-4H3. The molecule has 0 saturated carbocycles. The van der Waals surface area contributed by atoms with Crippen molar-refractivity contribution in [2.45, 2.75) is 33.7 Å². The van der Waals surface area contributed by atoms with Crippen LogP contribution in [0.4, 0.5) is 0 Å². The third-order valence-electron chi connectivity index (χ3n) is 3.81. The quantitative estimate of drug-likeness (QED) is 0.800. The fourth-order valence-corrected chi connectivity index (χ4v) is 2.66. The Bertz CT molecular complexity index is 580. The van der Waals surface area contributed by atoms with Gasteiger partial charge in [-0.05, 0) is 50.2 Å². The summed E-state index contributed by atoms with van der Waals surface area (Å²) in [7, 11) is 1.71. The Balaban J connectivity index is 2.42. The van der Waals surface area contributed by atoms with Gasteiger partial charge in [0.2, 0.25) is 0 Å². The molecule has 0 amide bonds. The van der Waals surface area contributed by atoms with Crippen LogP contribution in [0.2, 0.25) is 0 Å². The molecule has 0 N–H and O–H groups in total. The van der Waals surface area contributed by atoms with Crippen molar-refractivity contribution in [3.8, 4) is 5.75 Å². The lowest BCUT2D eigenvalue weighted by Gasteiger charge is -2.20. The van der Waals surface area contributed by atoms with Gasteiger partial charge in [0, 0.05) is 23.7 Å². The number of ether oxygens (including phenoxy) is 1. The smallest absolute Gasteiger partial charge is 0.123 e. The molecule has 2 aromatic rings. The molecule has 0 fully saturated rings. The maximum absolute atomic E-state index is 5.38. The first-order valence-electron chi connectivity index (χ1n) is 7.34. The average Bonchev–Trinajstić information content (AvgIpc) is 2.48. The van der Waals surface area contributed by atoms with Crippen LogP contribution in [0.25, 0.3) is 10.9 Å².